The Morgan fingerprint density at radius 2 is 2.00 bits per heavy atom. The fourth-order valence-electron chi connectivity index (χ4n) is 3.44. The molecule has 2 fully saturated rings. The van der Waals surface area contributed by atoms with Gasteiger partial charge in [-0.05, 0) is 44.7 Å². The van der Waals surface area contributed by atoms with Gasteiger partial charge in [-0.1, -0.05) is 11.6 Å². The summed E-state index contributed by atoms with van der Waals surface area (Å²) in [6.45, 7) is 1.99. The number of hydrogen-bond acceptors (Lipinski definition) is 3. The third kappa shape index (κ3) is 2.66. The minimum Gasteiger partial charge on any atom is -0.496 e. The number of piperidine rings is 1. The summed E-state index contributed by atoms with van der Waals surface area (Å²) in [5.74, 6) is 0.627. The zero-order valence-corrected chi connectivity index (χ0v) is 12.1. The number of methoxy groups -OCH3 is 1. The minimum absolute atomic E-state index is 0.0168. The Morgan fingerprint density at radius 3 is 2.65 bits per heavy atom. The van der Waals surface area contributed by atoms with E-state index in [0.29, 0.717) is 23.4 Å². The van der Waals surface area contributed by atoms with Gasteiger partial charge in [0.1, 0.15) is 5.75 Å². The average Bonchev–Trinajstić information content (AvgIpc) is 2.78. The maximum Gasteiger partial charge on any atom is 0.255 e. The first-order valence-electron chi connectivity index (χ1n) is 7.37. The molecule has 108 valence electrons. The standard InChI is InChI=1S/C16H22N2O2/c1-10-3-6-15(20-2)14(7-10)16(19)18-13-8-11-4-5-12(9-13)17-11/h3,6-7,11-13,17H,4-5,8-9H2,1-2H3,(H,18,19). The number of nitrogens with one attached hydrogen (secondary N) is 2. The summed E-state index contributed by atoms with van der Waals surface area (Å²) in [7, 11) is 1.60. The van der Waals surface area contributed by atoms with Gasteiger partial charge >= 0.3 is 0 Å². The highest BCUT2D eigenvalue weighted by Crippen LogP contribution is 2.27. The maximum absolute atomic E-state index is 12.5. The number of carbonyl (C=O) groups excluding carboxylic acids is 1. The lowest BCUT2D eigenvalue weighted by atomic mass is 9.99. The molecular formula is C16H22N2O2. The van der Waals surface area contributed by atoms with Crippen LogP contribution in [0.5, 0.6) is 5.75 Å². The molecule has 4 nitrogen and oxygen atoms in total. The van der Waals surface area contributed by atoms with Crippen LogP contribution >= 0.6 is 0 Å². The SMILES string of the molecule is COc1ccc(C)cc1C(=O)NC1CC2CCC(C1)N2. The van der Waals surface area contributed by atoms with Crippen molar-refractivity contribution in [1.82, 2.24) is 10.6 Å². The molecule has 1 amide bonds. The molecule has 0 radical (unpaired) electrons. The summed E-state index contributed by atoms with van der Waals surface area (Å²) in [6.07, 6.45) is 4.56. The van der Waals surface area contributed by atoms with Crippen LogP contribution in [0.2, 0.25) is 0 Å². The number of rotatable bonds is 3. The highest BCUT2D eigenvalue weighted by molar-refractivity contribution is 5.97. The smallest absolute Gasteiger partial charge is 0.255 e. The van der Waals surface area contributed by atoms with Crippen molar-refractivity contribution in [3.8, 4) is 5.75 Å². The predicted molar refractivity (Wildman–Crippen MR) is 78.2 cm³/mol. The minimum atomic E-state index is -0.0168. The number of benzene rings is 1. The number of hydrogen-bond donors (Lipinski definition) is 2. The Labute approximate surface area is 119 Å². The fraction of sp³-hybridized carbons (Fsp3) is 0.562. The molecule has 2 atom stereocenters. The quantitative estimate of drug-likeness (QED) is 0.886. The van der Waals surface area contributed by atoms with Crippen LogP contribution in [0.4, 0.5) is 0 Å². The van der Waals surface area contributed by atoms with Gasteiger partial charge in [0.15, 0.2) is 0 Å². The van der Waals surface area contributed by atoms with Crippen molar-refractivity contribution < 1.29 is 9.53 Å². The number of fused-ring (bicyclic) bond motifs is 2. The van der Waals surface area contributed by atoms with E-state index in [-0.39, 0.29) is 11.9 Å². The second-order valence-corrected chi connectivity index (χ2v) is 5.98. The molecule has 0 aliphatic carbocycles. The van der Waals surface area contributed by atoms with E-state index in [1.165, 1.54) is 12.8 Å². The normalized spacial score (nSPS) is 28.2. The summed E-state index contributed by atoms with van der Waals surface area (Å²) >= 11 is 0. The molecule has 2 bridgehead atoms. The first-order valence-corrected chi connectivity index (χ1v) is 7.37. The maximum atomic E-state index is 12.5. The van der Waals surface area contributed by atoms with E-state index in [4.69, 9.17) is 4.74 Å². The van der Waals surface area contributed by atoms with E-state index in [9.17, 15) is 4.79 Å². The molecule has 2 N–H and O–H groups in total. The molecule has 1 aromatic carbocycles. The van der Waals surface area contributed by atoms with E-state index in [2.05, 4.69) is 10.6 Å². The van der Waals surface area contributed by atoms with Crippen LogP contribution in [0.1, 0.15) is 41.6 Å². The van der Waals surface area contributed by atoms with Crippen molar-refractivity contribution >= 4 is 5.91 Å². The van der Waals surface area contributed by atoms with Crippen molar-refractivity contribution in [2.45, 2.75) is 50.7 Å². The highest BCUT2D eigenvalue weighted by Gasteiger charge is 2.34. The Morgan fingerprint density at radius 1 is 1.30 bits per heavy atom. The van der Waals surface area contributed by atoms with Crippen LogP contribution in [0.3, 0.4) is 0 Å². The van der Waals surface area contributed by atoms with Gasteiger partial charge in [-0.15, -0.1) is 0 Å². The first kappa shape index (κ1) is 13.4. The predicted octanol–water partition coefficient (Wildman–Crippen LogP) is 2.02. The second kappa shape index (κ2) is 5.44. The molecule has 4 heteroatoms. The molecule has 3 rings (SSSR count). The molecule has 0 aromatic heterocycles. The monoisotopic (exact) mass is 274 g/mol. The lowest BCUT2D eigenvalue weighted by Gasteiger charge is -2.29. The number of aryl methyl sites for hydroxylation is 1. The molecule has 1 aromatic rings. The molecule has 2 aliphatic heterocycles. The van der Waals surface area contributed by atoms with Gasteiger partial charge in [-0.25, -0.2) is 0 Å². The third-order valence-corrected chi connectivity index (χ3v) is 4.41. The molecule has 2 heterocycles. The molecule has 2 aliphatic rings. The summed E-state index contributed by atoms with van der Waals surface area (Å²) in [6, 6.07) is 7.16. The highest BCUT2D eigenvalue weighted by atomic mass is 16.5. The Hall–Kier alpha value is -1.55. The van der Waals surface area contributed by atoms with E-state index >= 15 is 0 Å². The first-order chi connectivity index (χ1) is 9.65. The summed E-state index contributed by atoms with van der Waals surface area (Å²) in [5.41, 5.74) is 1.71. The summed E-state index contributed by atoms with van der Waals surface area (Å²) in [4.78, 5) is 12.5. The van der Waals surface area contributed by atoms with E-state index < -0.39 is 0 Å². The fourth-order valence-corrected chi connectivity index (χ4v) is 3.44. The molecule has 2 saturated heterocycles. The van der Waals surface area contributed by atoms with Gasteiger partial charge in [-0.3, -0.25) is 4.79 Å². The summed E-state index contributed by atoms with van der Waals surface area (Å²) in [5, 5.41) is 6.77. The van der Waals surface area contributed by atoms with Crippen LogP contribution in [0, 0.1) is 6.92 Å². The van der Waals surface area contributed by atoms with Gasteiger partial charge in [-0.2, -0.15) is 0 Å². The van der Waals surface area contributed by atoms with Gasteiger partial charge < -0.3 is 15.4 Å². The van der Waals surface area contributed by atoms with Crippen molar-refractivity contribution in [2.24, 2.45) is 0 Å². The van der Waals surface area contributed by atoms with E-state index in [1.807, 2.05) is 25.1 Å². The lowest BCUT2D eigenvalue weighted by molar-refractivity contribution is 0.0921. The van der Waals surface area contributed by atoms with Crippen LogP contribution < -0.4 is 15.4 Å². The molecule has 20 heavy (non-hydrogen) atoms. The number of carbonyl (C=O) groups is 1. The molecule has 2 unspecified atom stereocenters. The Balaban J connectivity index is 1.71. The molecule has 0 saturated carbocycles. The number of amides is 1. The molecule has 0 spiro atoms. The van der Waals surface area contributed by atoms with Gasteiger partial charge in [0, 0.05) is 18.1 Å². The van der Waals surface area contributed by atoms with Gasteiger partial charge in [0.05, 0.1) is 12.7 Å². The Bertz CT molecular complexity index is 503. The second-order valence-electron chi connectivity index (χ2n) is 5.98. The van der Waals surface area contributed by atoms with E-state index in [1.54, 1.807) is 7.11 Å². The van der Waals surface area contributed by atoms with E-state index in [0.717, 1.165) is 18.4 Å². The van der Waals surface area contributed by atoms with Crippen molar-refractivity contribution in [1.29, 1.82) is 0 Å². The van der Waals surface area contributed by atoms with Crippen LogP contribution in [-0.2, 0) is 0 Å². The Kier molecular flexibility index (Phi) is 3.66. The topological polar surface area (TPSA) is 50.4 Å². The van der Waals surface area contributed by atoms with Crippen molar-refractivity contribution in [2.75, 3.05) is 7.11 Å². The van der Waals surface area contributed by atoms with Crippen LogP contribution in [-0.4, -0.2) is 31.1 Å². The zero-order valence-electron chi connectivity index (χ0n) is 12.1. The summed E-state index contributed by atoms with van der Waals surface area (Å²) < 4.78 is 5.29. The van der Waals surface area contributed by atoms with Crippen molar-refractivity contribution in [3.63, 3.8) is 0 Å². The number of ether oxygens (including phenoxy) is 1. The van der Waals surface area contributed by atoms with Gasteiger partial charge in [0.2, 0.25) is 0 Å². The van der Waals surface area contributed by atoms with Crippen LogP contribution in [0.15, 0.2) is 18.2 Å². The third-order valence-electron chi connectivity index (χ3n) is 4.41. The van der Waals surface area contributed by atoms with Crippen molar-refractivity contribution in [3.05, 3.63) is 29.3 Å². The van der Waals surface area contributed by atoms with Gasteiger partial charge in [0.25, 0.3) is 5.91 Å². The zero-order chi connectivity index (χ0) is 14.1. The molecular weight excluding hydrogens is 252 g/mol. The lowest BCUT2D eigenvalue weighted by Crippen LogP contribution is -2.48. The average molecular weight is 274 g/mol. The van der Waals surface area contributed by atoms with Crippen LogP contribution in [0.25, 0.3) is 0 Å². The largest absolute Gasteiger partial charge is 0.496 e.